The highest BCUT2D eigenvalue weighted by atomic mass is 19.4. The molecule has 0 N–H and O–H groups in total. The molecule has 0 spiro atoms. The summed E-state index contributed by atoms with van der Waals surface area (Å²) in [7, 11) is 0. The second-order valence-electron chi connectivity index (χ2n) is 4.13. The fourth-order valence-corrected chi connectivity index (χ4v) is 1.73. The fourth-order valence-electron chi connectivity index (χ4n) is 1.73. The highest BCUT2D eigenvalue weighted by molar-refractivity contribution is 5.07. The van der Waals surface area contributed by atoms with Crippen LogP contribution in [0.4, 0.5) is 13.2 Å². The molecule has 3 aromatic heterocycles. The molecule has 0 bridgehead atoms. The van der Waals surface area contributed by atoms with Gasteiger partial charge in [0.2, 0.25) is 12.2 Å². The zero-order chi connectivity index (χ0) is 15.6. The van der Waals surface area contributed by atoms with E-state index in [1.807, 2.05) is 0 Å². The van der Waals surface area contributed by atoms with E-state index in [9.17, 15) is 13.2 Å². The maximum absolute atomic E-state index is 12.8. The predicted molar refractivity (Wildman–Crippen MR) is 63.3 cm³/mol. The van der Waals surface area contributed by atoms with Crippen LogP contribution in [-0.4, -0.2) is 34.7 Å². The summed E-state index contributed by atoms with van der Waals surface area (Å²) in [4.78, 5) is 19.4. The summed E-state index contributed by atoms with van der Waals surface area (Å²) in [6.07, 6.45) is 1.95. The Bertz CT molecular complexity index is 770. The van der Waals surface area contributed by atoms with Gasteiger partial charge in [-0.15, -0.1) is 19.9 Å². The van der Waals surface area contributed by atoms with Gasteiger partial charge in [0.15, 0.2) is 19.0 Å². The van der Waals surface area contributed by atoms with E-state index in [1.54, 1.807) is 0 Å². The second kappa shape index (κ2) is 5.42. The van der Waals surface area contributed by atoms with Crippen LogP contribution in [0.2, 0.25) is 0 Å². The van der Waals surface area contributed by atoms with E-state index in [-0.39, 0.29) is 18.3 Å². The normalized spacial score (nSPS) is 11.6. The third-order valence-electron chi connectivity index (χ3n) is 2.65. The molecule has 0 aliphatic heterocycles. The lowest BCUT2D eigenvalue weighted by molar-refractivity contribution is -0.610. The van der Waals surface area contributed by atoms with Gasteiger partial charge in [-0.25, -0.2) is 0 Å². The molecule has 0 radical (unpaired) electrons. The van der Waals surface area contributed by atoms with Gasteiger partial charge in [0.05, 0.1) is 0 Å². The molecule has 22 heavy (non-hydrogen) atoms. The molecule has 3 rings (SSSR count). The highest BCUT2D eigenvalue weighted by Gasteiger charge is 2.34. The van der Waals surface area contributed by atoms with Crippen molar-refractivity contribution in [2.45, 2.75) is 12.7 Å². The molecule has 0 saturated heterocycles. The molecule has 0 saturated carbocycles. The molecule has 0 amide bonds. The van der Waals surface area contributed by atoms with E-state index < -0.39 is 11.9 Å². The van der Waals surface area contributed by atoms with Crippen LogP contribution in [-0.2, 0) is 12.7 Å². The third-order valence-corrected chi connectivity index (χ3v) is 2.65. The van der Waals surface area contributed by atoms with Crippen LogP contribution in [0.5, 0.6) is 0 Å². The molecule has 112 valence electrons. The molecule has 0 fully saturated rings. The van der Waals surface area contributed by atoms with Gasteiger partial charge in [0.1, 0.15) is 12.2 Å². The lowest BCUT2D eigenvalue weighted by atomic mass is 10.4. The Morgan fingerprint density at radius 1 is 1.09 bits per heavy atom. The van der Waals surface area contributed by atoms with Gasteiger partial charge in [-0.1, -0.05) is 0 Å². The van der Waals surface area contributed by atoms with E-state index in [4.69, 9.17) is 0 Å². The largest absolute Gasteiger partial charge is 0.433 e. The van der Waals surface area contributed by atoms with Gasteiger partial charge in [-0.2, -0.15) is 27.8 Å². The Balaban J connectivity index is 1.90. The first-order chi connectivity index (χ1) is 10.5. The van der Waals surface area contributed by atoms with Crippen LogP contribution in [0.1, 0.15) is 11.5 Å². The SMILES string of the molecule is FC(F)(F)c1ccnn1Cc1ncnc(-[n+]2cncnc2)n1. The number of hydrogen-bond acceptors (Lipinski definition) is 6. The summed E-state index contributed by atoms with van der Waals surface area (Å²) in [5.41, 5.74) is -0.870. The Labute approximate surface area is 121 Å². The van der Waals surface area contributed by atoms with Crippen molar-refractivity contribution in [1.29, 1.82) is 0 Å². The van der Waals surface area contributed by atoms with Crippen LogP contribution in [0.3, 0.4) is 0 Å². The van der Waals surface area contributed by atoms with Crippen LogP contribution in [0, 0.1) is 0 Å². The number of halogens is 3. The number of nitrogens with zero attached hydrogens (tertiary/aromatic N) is 8. The lowest BCUT2D eigenvalue weighted by Gasteiger charge is -2.08. The van der Waals surface area contributed by atoms with Crippen molar-refractivity contribution in [1.82, 2.24) is 34.7 Å². The quantitative estimate of drug-likeness (QED) is 0.643. The van der Waals surface area contributed by atoms with Crippen molar-refractivity contribution in [3.05, 3.63) is 49.1 Å². The molecule has 3 heterocycles. The monoisotopic (exact) mass is 309 g/mol. The van der Waals surface area contributed by atoms with Crippen LogP contribution in [0.15, 0.2) is 37.6 Å². The lowest BCUT2D eigenvalue weighted by Crippen LogP contribution is -2.34. The first-order valence-electron chi connectivity index (χ1n) is 5.97. The summed E-state index contributed by atoms with van der Waals surface area (Å²) in [5, 5.41) is 3.65. The van der Waals surface area contributed by atoms with Gasteiger partial charge < -0.3 is 0 Å². The Morgan fingerprint density at radius 2 is 1.86 bits per heavy atom. The van der Waals surface area contributed by atoms with Crippen LogP contribution < -0.4 is 4.57 Å². The molecule has 8 nitrogen and oxygen atoms in total. The van der Waals surface area contributed by atoms with E-state index in [0.717, 1.165) is 16.9 Å². The minimum Gasteiger partial charge on any atom is -0.252 e. The topological polar surface area (TPSA) is 86.2 Å². The van der Waals surface area contributed by atoms with Crippen molar-refractivity contribution in [2.75, 3.05) is 0 Å². The summed E-state index contributed by atoms with van der Waals surface area (Å²) < 4.78 is 40.6. The highest BCUT2D eigenvalue weighted by Crippen LogP contribution is 2.28. The minimum absolute atomic E-state index is 0.135. The molecule has 0 atom stereocenters. The first kappa shape index (κ1) is 14.0. The molecule has 0 aromatic carbocycles. The van der Waals surface area contributed by atoms with E-state index in [0.29, 0.717) is 0 Å². The molecule has 0 unspecified atom stereocenters. The fraction of sp³-hybridized carbons (Fsp3) is 0.182. The predicted octanol–water partition coefficient (Wildman–Crippen LogP) is 0.202. The van der Waals surface area contributed by atoms with Crippen molar-refractivity contribution < 1.29 is 17.7 Å². The molecule has 0 aliphatic carbocycles. The van der Waals surface area contributed by atoms with Crippen molar-refractivity contribution >= 4 is 0 Å². The van der Waals surface area contributed by atoms with Gasteiger partial charge in [-0.3, -0.25) is 4.68 Å². The second-order valence-corrected chi connectivity index (χ2v) is 4.13. The Kier molecular flexibility index (Phi) is 3.45. The summed E-state index contributed by atoms with van der Waals surface area (Å²) >= 11 is 0. The van der Waals surface area contributed by atoms with Crippen LogP contribution in [0.25, 0.3) is 5.95 Å². The summed E-state index contributed by atoms with van der Waals surface area (Å²) in [6, 6.07) is 0.891. The van der Waals surface area contributed by atoms with Crippen molar-refractivity contribution in [3.8, 4) is 5.95 Å². The van der Waals surface area contributed by atoms with E-state index >= 15 is 0 Å². The molecule has 11 heteroatoms. The Morgan fingerprint density at radius 3 is 2.59 bits per heavy atom. The van der Waals surface area contributed by atoms with E-state index in [2.05, 4.69) is 30.0 Å². The number of alkyl halides is 3. The Hall–Kier alpha value is -2.98. The number of aromatic nitrogens is 8. The summed E-state index contributed by atoms with van der Waals surface area (Å²) in [5.74, 6) is 0.335. The molecular formula is C11H8F3N8+. The smallest absolute Gasteiger partial charge is 0.252 e. The molecular weight excluding hydrogens is 301 g/mol. The van der Waals surface area contributed by atoms with Gasteiger partial charge in [-0.05, 0) is 6.07 Å². The molecule has 3 aromatic rings. The van der Waals surface area contributed by atoms with Gasteiger partial charge >= 0.3 is 12.1 Å². The van der Waals surface area contributed by atoms with Gasteiger partial charge in [0.25, 0.3) is 0 Å². The first-order valence-corrected chi connectivity index (χ1v) is 5.97. The zero-order valence-electron chi connectivity index (χ0n) is 10.9. The standard InChI is InChI=1S/C11H8F3N8/c12-11(13,14)8-1-2-19-22(8)3-9-17-5-18-10(20-9)21-6-15-4-16-7-21/h1-2,4-7H,3H2/q+1. The minimum atomic E-state index is -4.49. The number of hydrogen-bond donors (Lipinski definition) is 0. The maximum atomic E-state index is 12.8. The third kappa shape index (κ3) is 2.87. The molecule has 0 aliphatic rings. The van der Waals surface area contributed by atoms with Crippen molar-refractivity contribution in [3.63, 3.8) is 0 Å². The maximum Gasteiger partial charge on any atom is 0.433 e. The average molecular weight is 309 g/mol. The average Bonchev–Trinajstić information content (AvgIpc) is 2.97. The number of rotatable bonds is 3. The zero-order valence-corrected chi connectivity index (χ0v) is 10.9. The van der Waals surface area contributed by atoms with E-state index in [1.165, 1.54) is 29.9 Å². The van der Waals surface area contributed by atoms with Gasteiger partial charge in [0, 0.05) is 6.20 Å². The summed E-state index contributed by atoms with van der Waals surface area (Å²) in [6.45, 7) is -0.231. The van der Waals surface area contributed by atoms with Crippen molar-refractivity contribution in [2.24, 2.45) is 0 Å². The van der Waals surface area contributed by atoms with Crippen LogP contribution >= 0.6 is 0 Å².